The van der Waals surface area contributed by atoms with Gasteiger partial charge >= 0.3 is 5.97 Å². The number of carboxylic acids is 1. The predicted molar refractivity (Wildman–Crippen MR) is 88.1 cm³/mol. The number of carbonyl (C=O) groups is 1. The van der Waals surface area contributed by atoms with Gasteiger partial charge in [-0.1, -0.05) is 42.5 Å². The Bertz CT molecular complexity index is 756. The first-order valence-electron chi connectivity index (χ1n) is 7.86. The Morgan fingerprint density at radius 1 is 0.909 bits per heavy atom. The molecule has 2 bridgehead atoms. The maximum absolute atomic E-state index is 10.8. The molecule has 4 rings (SSSR count). The molecular formula is C20H18O2. The predicted octanol–water partition coefficient (Wildman–Crippen LogP) is 4.92. The standard InChI is InChI=1S/C20H18O2/c21-20(22)15-6-3-13(4-7-15)1-2-14-5-10-18-16-8-9-17(12-16)19(18)11-14/h1-7,10-11,16-17H,8-9,12H2,(H,21,22). The Kier molecular flexibility index (Phi) is 3.11. The highest BCUT2D eigenvalue weighted by molar-refractivity contribution is 5.88. The monoisotopic (exact) mass is 290 g/mol. The Balaban J connectivity index is 1.56. The molecule has 0 aliphatic heterocycles. The number of fused-ring (bicyclic) bond motifs is 5. The lowest BCUT2D eigenvalue weighted by Gasteiger charge is -2.15. The zero-order valence-electron chi connectivity index (χ0n) is 12.3. The summed E-state index contributed by atoms with van der Waals surface area (Å²) in [6.45, 7) is 0. The van der Waals surface area contributed by atoms with Gasteiger partial charge in [-0.15, -0.1) is 0 Å². The molecule has 2 heteroatoms. The number of rotatable bonds is 3. The third kappa shape index (κ3) is 2.25. The summed E-state index contributed by atoms with van der Waals surface area (Å²) < 4.78 is 0. The van der Waals surface area contributed by atoms with Gasteiger partial charge in [0.05, 0.1) is 5.56 Å². The minimum Gasteiger partial charge on any atom is -0.478 e. The second-order valence-corrected chi connectivity index (χ2v) is 6.36. The van der Waals surface area contributed by atoms with Gasteiger partial charge in [-0.2, -0.15) is 0 Å². The van der Waals surface area contributed by atoms with Crippen LogP contribution in [0.2, 0.25) is 0 Å². The van der Waals surface area contributed by atoms with Gasteiger partial charge in [-0.05, 0) is 65.5 Å². The van der Waals surface area contributed by atoms with Crippen LogP contribution < -0.4 is 0 Å². The Labute approximate surface area is 130 Å². The lowest BCUT2D eigenvalue weighted by molar-refractivity contribution is 0.0697. The van der Waals surface area contributed by atoms with Crippen LogP contribution in [0.3, 0.4) is 0 Å². The van der Waals surface area contributed by atoms with E-state index in [1.54, 1.807) is 23.3 Å². The van der Waals surface area contributed by atoms with Crippen molar-refractivity contribution in [2.75, 3.05) is 0 Å². The molecule has 2 aromatic carbocycles. The van der Waals surface area contributed by atoms with Gasteiger partial charge in [0.15, 0.2) is 0 Å². The van der Waals surface area contributed by atoms with Crippen LogP contribution in [-0.2, 0) is 0 Å². The second kappa shape index (κ2) is 5.13. The largest absolute Gasteiger partial charge is 0.478 e. The molecule has 2 atom stereocenters. The molecule has 1 N–H and O–H groups in total. The van der Waals surface area contributed by atoms with Gasteiger partial charge in [0.2, 0.25) is 0 Å². The molecular weight excluding hydrogens is 272 g/mol. The molecule has 0 radical (unpaired) electrons. The topological polar surface area (TPSA) is 37.3 Å². The zero-order valence-corrected chi connectivity index (χ0v) is 12.3. The minimum atomic E-state index is -0.885. The molecule has 1 fully saturated rings. The molecule has 2 aliphatic rings. The van der Waals surface area contributed by atoms with E-state index in [1.807, 2.05) is 18.2 Å². The maximum Gasteiger partial charge on any atom is 0.335 e. The summed E-state index contributed by atoms with van der Waals surface area (Å²) in [7, 11) is 0. The highest BCUT2D eigenvalue weighted by Gasteiger charge is 2.36. The van der Waals surface area contributed by atoms with Crippen LogP contribution in [0, 0.1) is 0 Å². The molecule has 0 spiro atoms. The molecule has 2 nitrogen and oxygen atoms in total. The smallest absolute Gasteiger partial charge is 0.335 e. The number of benzene rings is 2. The van der Waals surface area contributed by atoms with Crippen molar-refractivity contribution in [1.29, 1.82) is 0 Å². The summed E-state index contributed by atoms with van der Waals surface area (Å²) in [5.74, 6) is 0.703. The molecule has 0 saturated heterocycles. The van der Waals surface area contributed by atoms with Crippen molar-refractivity contribution >= 4 is 18.1 Å². The summed E-state index contributed by atoms with van der Waals surface area (Å²) >= 11 is 0. The molecule has 1 saturated carbocycles. The summed E-state index contributed by atoms with van der Waals surface area (Å²) in [4.78, 5) is 10.8. The van der Waals surface area contributed by atoms with E-state index in [1.165, 1.54) is 24.8 Å². The van der Waals surface area contributed by atoms with E-state index < -0.39 is 5.97 Å². The van der Waals surface area contributed by atoms with E-state index in [0.29, 0.717) is 5.56 Å². The average Bonchev–Trinajstić information content (AvgIpc) is 3.15. The second-order valence-electron chi connectivity index (χ2n) is 6.36. The van der Waals surface area contributed by atoms with Gasteiger partial charge < -0.3 is 5.11 Å². The first-order chi connectivity index (χ1) is 10.7. The van der Waals surface area contributed by atoms with Crippen molar-refractivity contribution in [3.63, 3.8) is 0 Å². The van der Waals surface area contributed by atoms with Crippen LogP contribution in [0.1, 0.15) is 63.7 Å². The van der Waals surface area contributed by atoms with E-state index in [-0.39, 0.29) is 0 Å². The van der Waals surface area contributed by atoms with Crippen LogP contribution in [0.25, 0.3) is 12.2 Å². The minimum absolute atomic E-state index is 0.325. The normalized spacial score (nSPS) is 22.2. The van der Waals surface area contributed by atoms with Crippen LogP contribution in [-0.4, -0.2) is 11.1 Å². The van der Waals surface area contributed by atoms with Gasteiger partial charge in [0, 0.05) is 0 Å². The average molecular weight is 290 g/mol. The fourth-order valence-corrected chi connectivity index (χ4v) is 3.90. The van der Waals surface area contributed by atoms with E-state index in [9.17, 15) is 4.79 Å². The van der Waals surface area contributed by atoms with Crippen LogP contribution in [0.5, 0.6) is 0 Å². The summed E-state index contributed by atoms with van der Waals surface area (Å²) in [6, 6.07) is 13.8. The van der Waals surface area contributed by atoms with Crippen molar-refractivity contribution in [2.45, 2.75) is 31.1 Å². The fraction of sp³-hybridized carbons (Fsp3) is 0.250. The molecule has 2 aliphatic carbocycles. The molecule has 2 unspecified atom stereocenters. The first-order valence-corrected chi connectivity index (χ1v) is 7.86. The highest BCUT2D eigenvalue weighted by atomic mass is 16.4. The quantitative estimate of drug-likeness (QED) is 0.815. The highest BCUT2D eigenvalue weighted by Crippen LogP contribution is 2.53. The lowest BCUT2D eigenvalue weighted by Crippen LogP contribution is -1.97. The van der Waals surface area contributed by atoms with Crippen LogP contribution in [0.15, 0.2) is 42.5 Å². The molecule has 2 aromatic rings. The van der Waals surface area contributed by atoms with Gasteiger partial charge in [0.25, 0.3) is 0 Å². The first kappa shape index (κ1) is 13.3. The molecule has 0 heterocycles. The molecule has 110 valence electrons. The Morgan fingerprint density at radius 3 is 2.27 bits per heavy atom. The van der Waals surface area contributed by atoms with Crippen LogP contribution >= 0.6 is 0 Å². The lowest BCUT2D eigenvalue weighted by atomic mass is 9.90. The van der Waals surface area contributed by atoms with Gasteiger partial charge in [-0.25, -0.2) is 4.79 Å². The molecule has 0 amide bonds. The molecule has 22 heavy (non-hydrogen) atoms. The Hall–Kier alpha value is -2.35. The van der Waals surface area contributed by atoms with Gasteiger partial charge in [-0.3, -0.25) is 0 Å². The van der Waals surface area contributed by atoms with Crippen molar-refractivity contribution in [1.82, 2.24) is 0 Å². The zero-order chi connectivity index (χ0) is 15.1. The third-order valence-electron chi connectivity index (χ3n) is 5.05. The SMILES string of the molecule is O=C(O)c1ccc(C=Cc2ccc3c(c2)C2CCC3C2)cc1. The molecule has 0 aromatic heterocycles. The number of carboxylic acid groups (broad SMARTS) is 1. The van der Waals surface area contributed by atoms with E-state index >= 15 is 0 Å². The van der Waals surface area contributed by atoms with Crippen molar-refractivity contribution in [3.05, 3.63) is 70.3 Å². The van der Waals surface area contributed by atoms with Crippen LogP contribution in [0.4, 0.5) is 0 Å². The summed E-state index contributed by atoms with van der Waals surface area (Å²) in [6.07, 6.45) is 8.21. The number of hydrogen-bond acceptors (Lipinski definition) is 1. The van der Waals surface area contributed by atoms with Crippen molar-refractivity contribution in [2.24, 2.45) is 0 Å². The fourth-order valence-electron chi connectivity index (χ4n) is 3.90. The van der Waals surface area contributed by atoms with Crippen molar-refractivity contribution < 1.29 is 9.90 Å². The number of aromatic carboxylic acids is 1. The van der Waals surface area contributed by atoms with E-state index in [4.69, 9.17) is 5.11 Å². The van der Waals surface area contributed by atoms with E-state index in [0.717, 1.165) is 17.4 Å². The third-order valence-corrected chi connectivity index (χ3v) is 5.05. The Morgan fingerprint density at radius 2 is 1.55 bits per heavy atom. The summed E-state index contributed by atoms with van der Waals surface area (Å²) in [5, 5.41) is 8.91. The summed E-state index contributed by atoms with van der Waals surface area (Å²) in [5.41, 5.74) is 5.70. The van der Waals surface area contributed by atoms with Crippen molar-refractivity contribution in [3.8, 4) is 0 Å². The van der Waals surface area contributed by atoms with Gasteiger partial charge in [0.1, 0.15) is 0 Å². The number of hydrogen-bond donors (Lipinski definition) is 1. The maximum atomic E-state index is 10.8. The van der Waals surface area contributed by atoms with E-state index in [2.05, 4.69) is 24.3 Å².